The molecule has 0 amide bonds. The molecule has 0 fully saturated rings. The summed E-state index contributed by atoms with van der Waals surface area (Å²) in [6.45, 7) is 4.47. The van der Waals surface area contributed by atoms with Crippen molar-refractivity contribution in [1.82, 2.24) is 30.4 Å². The molecule has 0 saturated heterocycles. The number of anilines is 3. The van der Waals surface area contributed by atoms with Crippen LogP contribution in [0.2, 0.25) is 15.6 Å². The zero-order chi connectivity index (χ0) is 25.3. The number of hydrogen-bond donors (Lipinski definition) is 5. The highest BCUT2D eigenvalue weighted by Gasteiger charge is 2.13. The van der Waals surface area contributed by atoms with Crippen LogP contribution in [0.4, 0.5) is 17.6 Å². The summed E-state index contributed by atoms with van der Waals surface area (Å²) in [7, 11) is 0. The highest BCUT2D eigenvalue weighted by molar-refractivity contribution is 7.59. The van der Waals surface area contributed by atoms with Gasteiger partial charge in [-0.2, -0.15) is 37.0 Å². The number of aliphatic hydroxyl groups excluding tert-OH is 2. The van der Waals surface area contributed by atoms with Crippen molar-refractivity contribution >= 4 is 79.4 Å². The van der Waals surface area contributed by atoms with E-state index >= 15 is 0 Å². The Morgan fingerprint density at radius 1 is 0.722 bits per heavy atom. The lowest BCUT2D eigenvalue weighted by atomic mass is 10.1. The number of nitrogens with one attached hydrogen (secondary N) is 2. The molecular formula is C20H38Cl3N9O2S2. The average Bonchev–Trinajstić information content (AvgIpc) is 2.81. The number of halogens is 3. The summed E-state index contributed by atoms with van der Waals surface area (Å²) in [4.78, 5) is 7.95. The molecule has 0 saturated carbocycles. The fourth-order valence-electron chi connectivity index (χ4n) is 2.98. The Morgan fingerprint density at radius 3 is 1.61 bits per heavy atom. The molecule has 208 valence electrons. The summed E-state index contributed by atoms with van der Waals surface area (Å²) in [6, 6.07) is 0.235. The van der Waals surface area contributed by atoms with E-state index in [2.05, 4.69) is 54.8 Å². The Balaban J connectivity index is 0. The first-order chi connectivity index (χ1) is 16.3. The fourth-order valence-corrected chi connectivity index (χ4v) is 3.37. The Hall–Kier alpha value is -1.09. The lowest BCUT2D eigenvalue weighted by molar-refractivity contribution is 0.275. The predicted molar refractivity (Wildman–Crippen MR) is 157 cm³/mol. The van der Waals surface area contributed by atoms with Gasteiger partial charge in [-0.15, -0.1) is 20.4 Å². The van der Waals surface area contributed by atoms with Gasteiger partial charge < -0.3 is 26.6 Å². The third-order valence-electron chi connectivity index (χ3n) is 4.73. The Labute approximate surface area is 241 Å². The number of nitrogens with zero attached hydrogens (tertiary/aromatic N) is 6. The van der Waals surface area contributed by atoms with E-state index in [-0.39, 0.29) is 73.8 Å². The van der Waals surface area contributed by atoms with E-state index in [0.717, 1.165) is 38.5 Å². The van der Waals surface area contributed by atoms with Crippen LogP contribution in [0.5, 0.6) is 0 Å². The number of aliphatic hydroxyl groups is 2. The van der Waals surface area contributed by atoms with Crippen LogP contribution in [0, 0.1) is 0 Å². The monoisotopic (exact) mass is 605 g/mol. The molecule has 2 atom stereocenters. The zero-order valence-corrected chi connectivity index (χ0v) is 24.8. The first kappa shape index (κ1) is 37.1. The van der Waals surface area contributed by atoms with Gasteiger partial charge in [0.25, 0.3) is 0 Å². The van der Waals surface area contributed by atoms with Crippen molar-refractivity contribution in [2.75, 3.05) is 29.6 Å². The molecule has 36 heavy (non-hydrogen) atoms. The molecule has 0 spiro atoms. The molecule has 0 radical (unpaired) electrons. The molecule has 0 bridgehead atoms. The van der Waals surface area contributed by atoms with Gasteiger partial charge >= 0.3 is 0 Å². The minimum atomic E-state index is 0. The van der Waals surface area contributed by atoms with Gasteiger partial charge in [-0.1, -0.05) is 62.7 Å². The minimum absolute atomic E-state index is 0. The second kappa shape index (κ2) is 21.9. The van der Waals surface area contributed by atoms with Crippen LogP contribution in [0.25, 0.3) is 0 Å². The van der Waals surface area contributed by atoms with E-state index in [1.807, 2.05) is 0 Å². The highest BCUT2D eigenvalue weighted by atomic mass is 35.5. The second-order valence-electron chi connectivity index (χ2n) is 7.52. The van der Waals surface area contributed by atoms with Crippen LogP contribution in [0.1, 0.15) is 65.2 Å². The molecule has 2 rings (SSSR count). The Kier molecular flexibility index (Phi) is 22.6. The fraction of sp³-hybridized carbons (Fsp3) is 0.700. The molecule has 0 aliphatic rings. The van der Waals surface area contributed by atoms with Crippen LogP contribution in [-0.4, -0.2) is 65.9 Å². The van der Waals surface area contributed by atoms with Crippen LogP contribution in [-0.2, 0) is 0 Å². The van der Waals surface area contributed by atoms with Crippen molar-refractivity contribution in [3.8, 4) is 0 Å². The summed E-state index contributed by atoms with van der Waals surface area (Å²) >= 11 is 17.4. The van der Waals surface area contributed by atoms with E-state index in [4.69, 9.17) is 50.7 Å². The molecule has 0 aromatic carbocycles. The smallest absolute Gasteiger partial charge is 0.245 e. The van der Waals surface area contributed by atoms with Gasteiger partial charge in [0.15, 0.2) is 21.9 Å². The minimum Gasteiger partial charge on any atom is -0.396 e. The number of nitrogens with two attached hydrogens (primary N) is 1. The van der Waals surface area contributed by atoms with Gasteiger partial charge in [0.2, 0.25) is 11.2 Å². The molecule has 2 aromatic heterocycles. The van der Waals surface area contributed by atoms with Crippen molar-refractivity contribution in [3.63, 3.8) is 0 Å². The Morgan fingerprint density at radius 2 is 1.17 bits per heavy atom. The van der Waals surface area contributed by atoms with Gasteiger partial charge in [0, 0.05) is 25.3 Å². The molecular weight excluding hydrogens is 569 g/mol. The topological polar surface area (TPSA) is 168 Å². The lowest BCUT2D eigenvalue weighted by Crippen LogP contribution is -2.22. The summed E-state index contributed by atoms with van der Waals surface area (Å²) < 4.78 is 0. The third kappa shape index (κ3) is 15.2. The van der Waals surface area contributed by atoms with Gasteiger partial charge in [-0.05, 0) is 37.3 Å². The number of aromatic nitrogens is 6. The second-order valence-corrected chi connectivity index (χ2v) is 8.58. The van der Waals surface area contributed by atoms with Crippen LogP contribution < -0.4 is 16.4 Å². The van der Waals surface area contributed by atoms with Crippen LogP contribution in [0.15, 0.2) is 0 Å². The number of nitrogen functional groups attached to an aromatic ring is 1. The van der Waals surface area contributed by atoms with Crippen molar-refractivity contribution in [2.45, 2.75) is 77.3 Å². The van der Waals surface area contributed by atoms with E-state index in [9.17, 15) is 0 Å². The van der Waals surface area contributed by atoms with Crippen LogP contribution in [0.3, 0.4) is 0 Å². The van der Waals surface area contributed by atoms with Gasteiger partial charge in [0.1, 0.15) is 0 Å². The van der Waals surface area contributed by atoms with Gasteiger partial charge in [-0.3, -0.25) is 0 Å². The number of rotatable bonds is 14. The standard InChI is InChI=1S/C10H16Cl2N4O.C10H18ClN5O.2H2S/c2*1-2-3-4-7(5-6-17)13-9-8(11)15-16-10(12)14-9;;/h7,17H,2-6H2,1H3,(H,13,14,16);7,17H,2-6H2,1H3,(H3,12,13,14,16);2*1H2/t2*7-;;/m00../s1. The quantitative estimate of drug-likeness (QED) is 0.209. The molecule has 0 unspecified atom stereocenters. The number of hydrogen-bond acceptors (Lipinski definition) is 11. The van der Waals surface area contributed by atoms with Gasteiger partial charge in [0.05, 0.1) is 0 Å². The summed E-state index contributed by atoms with van der Waals surface area (Å²) in [5.41, 5.74) is 5.44. The van der Waals surface area contributed by atoms with Crippen molar-refractivity contribution in [3.05, 3.63) is 15.6 Å². The summed E-state index contributed by atoms with van der Waals surface area (Å²) in [5.74, 6) is 0.921. The molecule has 2 aromatic rings. The summed E-state index contributed by atoms with van der Waals surface area (Å²) in [6.07, 6.45) is 7.50. The molecule has 16 heteroatoms. The van der Waals surface area contributed by atoms with E-state index in [1.165, 1.54) is 0 Å². The predicted octanol–water partition coefficient (Wildman–Crippen LogP) is 4.22. The maximum atomic E-state index is 8.99. The zero-order valence-electron chi connectivity index (χ0n) is 20.5. The Bertz CT molecular complexity index is 780. The molecule has 0 aliphatic heterocycles. The third-order valence-corrected chi connectivity index (χ3v) is 5.40. The van der Waals surface area contributed by atoms with E-state index < -0.39 is 0 Å². The first-order valence-corrected chi connectivity index (χ1v) is 12.4. The van der Waals surface area contributed by atoms with Crippen LogP contribution >= 0.6 is 61.8 Å². The van der Waals surface area contributed by atoms with Crippen molar-refractivity contribution in [2.24, 2.45) is 0 Å². The highest BCUT2D eigenvalue weighted by Crippen LogP contribution is 2.20. The lowest BCUT2D eigenvalue weighted by Gasteiger charge is -2.18. The van der Waals surface area contributed by atoms with Crippen molar-refractivity contribution < 1.29 is 10.2 Å². The average molecular weight is 607 g/mol. The molecule has 11 nitrogen and oxygen atoms in total. The molecule has 0 aliphatic carbocycles. The van der Waals surface area contributed by atoms with Crippen molar-refractivity contribution in [1.29, 1.82) is 0 Å². The largest absolute Gasteiger partial charge is 0.396 e. The maximum Gasteiger partial charge on any atom is 0.245 e. The normalized spacial score (nSPS) is 11.8. The number of unbranched alkanes of at least 4 members (excludes halogenated alkanes) is 2. The molecule has 6 N–H and O–H groups in total. The van der Waals surface area contributed by atoms with E-state index in [0.29, 0.717) is 24.5 Å². The molecule has 2 heterocycles. The van der Waals surface area contributed by atoms with Gasteiger partial charge in [-0.25, -0.2) is 0 Å². The maximum absolute atomic E-state index is 8.99. The SMILES string of the molecule is CCCC[C@@H](CCO)Nc1nc(Cl)nnc1Cl.CCCC[C@@H](CCO)Nc1nc(N)nnc1Cl.S.S. The summed E-state index contributed by atoms with van der Waals surface area (Å²) in [5, 5.41) is 39.1. The van der Waals surface area contributed by atoms with E-state index in [1.54, 1.807) is 0 Å². The first-order valence-electron chi connectivity index (χ1n) is 11.3.